The summed E-state index contributed by atoms with van der Waals surface area (Å²) in [6.07, 6.45) is -8.19. The minimum atomic E-state index is -1.80. The lowest BCUT2D eigenvalue weighted by Crippen LogP contribution is -2.60. The van der Waals surface area contributed by atoms with Gasteiger partial charge in [-0.05, 0) is 94.8 Å². The lowest BCUT2D eigenvalue weighted by Gasteiger charge is -2.48. The fourth-order valence-electron chi connectivity index (χ4n) is 8.74. The summed E-state index contributed by atoms with van der Waals surface area (Å²) in [5, 5.41) is 58.1. The Bertz CT molecular complexity index is 1140. The number of rotatable bonds is 7. The van der Waals surface area contributed by atoms with Crippen molar-refractivity contribution in [3.05, 3.63) is 0 Å². The zero-order valence-corrected chi connectivity index (χ0v) is 34.2. The van der Waals surface area contributed by atoms with Gasteiger partial charge in [0.15, 0.2) is 12.6 Å². The van der Waals surface area contributed by atoms with Gasteiger partial charge in [-0.2, -0.15) is 0 Å². The van der Waals surface area contributed by atoms with Crippen LogP contribution in [0.1, 0.15) is 94.9 Å². The van der Waals surface area contributed by atoms with E-state index in [4.69, 9.17) is 28.4 Å². The van der Waals surface area contributed by atoms with E-state index in [2.05, 4.69) is 0 Å². The number of hydrogen-bond donors (Lipinski definition) is 5. The van der Waals surface area contributed by atoms with Crippen LogP contribution in [0.15, 0.2) is 0 Å². The second-order valence-corrected chi connectivity index (χ2v) is 17.2. The van der Waals surface area contributed by atoms with Gasteiger partial charge >= 0.3 is 5.97 Å². The van der Waals surface area contributed by atoms with E-state index in [9.17, 15) is 30.3 Å². The van der Waals surface area contributed by atoms with Gasteiger partial charge in [0.2, 0.25) is 0 Å². The first-order chi connectivity index (χ1) is 23.9. The molecule has 0 aromatic carbocycles. The van der Waals surface area contributed by atoms with E-state index in [0.29, 0.717) is 13.0 Å². The molecular formula is C38H72N2O12. The van der Waals surface area contributed by atoms with E-state index in [0.717, 1.165) is 0 Å². The molecule has 18 atom stereocenters. The van der Waals surface area contributed by atoms with Gasteiger partial charge in [0.05, 0.1) is 41.5 Å². The van der Waals surface area contributed by atoms with Crippen molar-refractivity contribution in [1.82, 2.24) is 9.80 Å². The Morgan fingerprint density at radius 3 is 2.12 bits per heavy atom. The smallest absolute Gasteiger partial charge is 0.311 e. The normalized spacial score (nSPS) is 49.6. The molecule has 0 saturated carbocycles. The van der Waals surface area contributed by atoms with Crippen molar-refractivity contribution in [2.45, 2.75) is 185 Å². The Kier molecular flexibility index (Phi) is 15.6. The fourth-order valence-corrected chi connectivity index (χ4v) is 8.74. The molecule has 3 aliphatic rings. The Hall–Kier alpha value is -1.01. The van der Waals surface area contributed by atoms with Crippen LogP contribution in [0, 0.1) is 17.8 Å². The minimum absolute atomic E-state index is 0.133. The SMILES string of the molecule is CC[C@H]1OC(=O)[C@H](C)[C@@H](O[C@H]2CC(C)(OC)[C@@H](O)C(C)O2)[C@H](C)[C@@H](O[C@@H]2OC(C)CC(N(C)C)C2O)[C@](C)(O)C[C@@H](C)CN(C)[C@H](C)[C@@H](O)[C@]1(C)O. The van der Waals surface area contributed by atoms with Gasteiger partial charge in [0, 0.05) is 38.1 Å². The summed E-state index contributed by atoms with van der Waals surface area (Å²) in [5.74, 6) is -2.58. The Morgan fingerprint density at radius 1 is 0.942 bits per heavy atom. The predicted molar refractivity (Wildman–Crippen MR) is 194 cm³/mol. The molecule has 5 unspecified atom stereocenters. The molecule has 3 rings (SSSR count). The van der Waals surface area contributed by atoms with Crippen molar-refractivity contribution in [2.75, 3.05) is 34.8 Å². The van der Waals surface area contributed by atoms with E-state index in [1.807, 2.05) is 51.7 Å². The highest BCUT2D eigenvalue weighted by Gasteiger charge is 2.52. The number of nitrogens with zero attached hydrogens (tertiary/aromatic N) is 2. The van der Waals surface area contributed by atoms with Crippen molar-refractivity contribution >= 4 is 5.97 Å². The van der Waals surface area contributed by atoms with Crippen molar-refractivity contribution in [3.8, 4) is 0 Å². The molecule has 14 heteroatoms. The summed E-state index contributed by atoms with van der Waals surface area (Å²) in [5.41, 5.74) is -4.37. The van der Waals surface area contributed by atoms with E-state index in [1.165, 1.54) is 14.0 Å². The first-order valence-electron chi connectivity index (χ1n) is 19.1. The second-order valence-electron chi connectivity index (χ2n) is 17.2. The second kappa shape index (κ2) is 17.8. The molecule has 52 heavy (non-hydrogen) atoms. The van der Waals surface area contributed by atoms with Crippen LogP contribution < -0.4 is 0 Å². The first-order valence-corrected chi connectivity index (χ1v) is 19.1. The van der Waals surface area contributed by atoms with Crippen molar-refractivity contribution in [1.29, 1.82) is 0 Å². The number of aliphatic hydroxyl groups is 5. The lowest BCUT2D eigenvalue weighted by atomic mass is 9.77. The van der Waals surface area contributed by atoms with Crippen molar-refractivity contribution in [3.63, 3.8) is 0 Å². The summed E-state index contributed by atoms with van der Waals surface area (Å²) >= 11 is 0. The molecule has 3 saturated heterocycles. The molecule has 14 nitrogen and oxygen atoms in total. The van der Waals surface area contributed by atoms with Gasteiger partial charge in [-0.25, -0.2) is 0 Å². The van der Waals surface area contributed by atoms with Crippen molar-refractivity contribution in [2.24, 2.45) is 17.8 Å². The average Bonchev–Trinajstić information content (AvgIpc) is 3.05. The highest BCUT2D eigenvalue weighted by molar-refractivity contribution is 5.73. The highest BCUT2D eigenvalue weighted by Crippen LogP contribution is 2.40. The van der Waals surface area contributed by atoms with Crippen LogP contribution in [0.3, 0.4) is 0 Å². The zero-order chi connectivity index (χ0) is 39.7. The number of carbonyl (C=O) groups excluding carboxylic acids is 1. The number of carbonyl (C=O) groups is 1. The quantitative estimate of drug-likeness (QED) is 0.238. The highest BCUT2D eigenvalue weighted by atomic mass is 16.7. The van der Waals surface area contributed by atoms with Gasteiger partial charge in [0.1, 0.15) is 30.0 Å². The predicted octanol–water partition coefficient (Wildman–Crippen LogP) is 1.90. The number of aliphatic hydroxyl groups excluding tert-OH is 3. The van der Waals surface area contributed by atoms with Gasteiger partial charge in [-0.1, -0.05) is 20.8 Å². The maximum atomic E-state index is 14.2. The Labute approximate surface area is 312 Å². The van der Waals surface area contributed by atoms with Crippen LogP contribution in [0.4, 0.5) is 0 Å². The molecule has 0 aromatic heterocycles. The van der Waals surface area contributed by atoms with Crippen LogP contribution >= 0.6 is 0 Å². The average molecular weight is 749 g/mol. The third kappa shape index (κ3) is 10.0. The zero-order valence-electron chi connectivity index (χ0n) is 34.2. The van der Waals surface area contributed by atoms with Gasteiger partial charge in [-0.15, -0.1) is 0 Å². The summed E-state index contributed by atoms with van der Waals surface area (Å²) in [4.78, 5) is 18.0. The summed E-state index contributed by atoms with van der Waals surface area (Å²) < 4.78 is 37.5. The molecular weight excluding hydrogens is 676 g/mol. The van der Waals surface area contributed by atoms with Gasteiger partial charge in [-0.3, -0.25) is 4.79 Å². The molecule has 0 amide bonds. The Morgan fingerprint density at radius 2 is 1.56 bits per heavy atom. The standard InChI is InChI=1S/C38H72N2O12/c1-15-27-38(10,46)31(42)24(6)40(13)19-20(2)17-36(8,45)33(52-35-29(41)26(39(11)12)16-21(3)48-35)22(4)30(23(5)34(44)50-27)51-28-18-37(9,47-14)32(43)25(7)49-28/h20-33,35,41-43,45-46H,15-19H2,1-14H3/t20-,21?,22+,23-,24-,25?,26?,27-,28+,29?,30+,31-,32+,33-,35+,36-,37?,38-/m1/s1. The first kappa shape index (κ1) is 45.4. The minimum Gasteiger partial charge on any atom is -0.459 e. The van der Waals surface area contributed by atoms with E-state index in [1.54, 1.807) is 41.5 Å². The van der Waals surface area contributed by atoms with E-state index < -0.39 is 96.0 Å². The number of ether oxygens (including phenoxy) is 6. The summed E-state index contributed by atoms with van der Waals surface area (Å²) in [6.45, 7) is 18.0. The van der Waals surface area contributed by atoms with Crippen LogP contribution in [0.2, 0.25) is 0 Å². The third-order valence-electron chi connectivity index (χ3n) is 12.2. The van der Waals surface area contributed by atoms with E-state index in [-0.39, 0.29) is 37.3 Å². The third-order valence-corrected chi connectivity index (χ3v) is 12.2. The van der Waals surface area contributed by atoms with Crippen LogP contribution in [0.5, 0.6) is 0 Å². The fraction of sp³-hybridized carbons (Fsp3) is 0.974. The molecule has 0 spiro atoms. The van der Waals surface area contributed by atoms with Crippen molar-refractivity contribution < 1.29 is 58.7 Å². The van der Waals surface area contributed by atoms with Gasteiger partial charge in [0.25, 0.3) is 0 Å². The van der Waals surface area contributed by atoms with E-state index >= 15 is 0 Å². The Balaban J connectivity index is 2.17. The van der Waals surface area contributed by atoms with Crippen LogP contribution in [0.25, 0.3) is 0 Å². The molecule has 3 fully saturated rings. The maximum Gasteiger partial charge on any atom is 0.311 e. The summed E-state index contributed by atoms with van der Waals surface area (Å²) in [7, 11) is 7.12. The molecule has 0 radical (unpaired) electrons. The molecule has 0 bridgehead atoms. The lowest BCUT2D eigenvalue weighted by molar-refractivity contribution is -0.318. The number of likely N-dealkylation sites (N-methyl/N-ethyl adjacent to an activating group) is 2. The molecule has 0 aliphatic carbocycles. The monoisotopic (exact) mass is 749 g/mol. The van der Waals surface area contributed by atoms with Crippen LogP contribution in [-0.2, 0) is 33.2 Å². The molecule has 5 N–H and O–H groups in total. The van der Waals surface area contributed by atoms with Crippen LogP contribution in [-0.4, -0.2) is 166 Å². The molecule has 3 heterocycles. The topological polar surface area (TPSA) is 180 Å². The maximum absolute atomic E-state index is 14.2. The number of cyclic esters (lactones) is 1. The molecule has 3 aliphatic heterocycles. The summed E-state index contributed by atoms with van der Waals surface area (Å²) in [6, 6.07) is -0.808. The number of methoxy groups -OCH3 is 1. The number of esters is 1. The largest absolute Gasteiger partial charge is 0.459 e. The number of hydrogen-bond acceptors (Lipinski definition) is 14. The molecule has 0 aromatic rings. The van der Waals surface area contributed by atoms with Gasteiger partial charge < -0.3 is 63.8 Å². The molecule has 306 valence electrons.